The number of nitrogens with two attached hydrogens (primary N) is 1. The molecule has 0 aliphatic heterocycles. The molecule has 2 rings (SSSR count). The van der Waals surface area contributed by atoms with Crippen molar-refractivity contribution in [3.8, 4) is 0 Å². The second-order valence-corrected chi connectivity index (χ2v) is 5.21. The Kier molecular flexibility index (Phi) is 4.22. The Balaban J connectivity index is 2.27. The van der Waals surface area contributed by atoms with Gasteiger partial charge in [-0.05, 0) is 36.2 Å². The van der Waals surface area contributed by atoms with Crippen LogP contribution in [0.2, 0.25) is 0 Å². The molecule has 0 saturated carbocycles. The summed E-state index contributed by atoms with van der Waals surface area (Å²) in [6, 6.07) is 14.8. The molecule has 0 bridgehead atoms. The van der Waals surface area contributed by atoms with E-state index in [1.54, 1.807) is 0 Å². The Hall–Kier alpha value is -1.81. The first-order valence-corrected chi connectivity index (χ1v) is 6.74. The number of aryl methyl sites for hydroxylation is 1. The Morgan fingerprint density at radius 2 is 1.89 bits per heavy atom. The van der Waals surface area contributed by atoms with E-state index in [-0.39, 0.29) is 0 Å². The van der Waals surface area contributed by atoms with Crippen LogP contribution in [0.1, 0.15) is 17.2 Å². The van der Waals surface area contributed by atoms with Crippen molar-refractivity contribution >= 4 is 27.5 Å². The van der Waals surface area contributed by atoms with Crippen molar-refractivity contribution in [1.29, 1.82) is 0 Å². The number of benzene rings is 2. The van der Waals surface area contributed by atoms with E-state index >= 15 is 0 Å². The Bertz CT molecular complexity index is 584. The van der Waals surface area contributed by atoms with Crippen molar-refractivity contribution in [2.24, 2.45) is 5.73 Å². The highest BCUT2D eigenvalue weighted by Gasteiger charge is 2.17. The van der Waals surface area contributed by atoms with E-state index in [0.717, 1.165) is 21.3 Å². The lowest BCUT2D eigenvalue weighted by molar-refractivity contribution is -0.118. The summed E-state index contributed by atoms with van der Waals surface area (Å²) in [5.74, 6) is -0.397. The van der Waals surface area contributed by atoms with Crippen LogP contribution in [0, 0.1) is 6.92 Å². The molecule has 3 N–H and O–H groups in total. The molecule has 0 aliphatic rings. The molecule has 0 saturated heterocycles. The minimum atomic E-state index is -0.526. The SMILES string of the molecule is Cc1cc(NC(C(N)=O)c2ccccc2)ccc1Br. The molecule has 0 aliphatic carbocycles. The summed E-state index contributed by atoms with van der Waals surface area (Å²) in [5, 5.41) is 3.17. The predicted octanol–water partition coefficient (Wildman–Crippen LogP) is 3.40. The molecule has 1 unspecified atom stereocenters. The van der Waals surface area contributed by atoms with Gasteiger partial charge in [-0.15, -0.1) is 0 Å². The smallest absolute Gasteiger partial charge is 0.244 e. The first kappa shape index (κ1) is 13.6. The van der Waals surface area contributed by atoms with Crippen LogP contribution in [0.4, 0.5) is 5.69 Å². The van der Waals surface area contributed by atoms with Gasteiger partial charge in [-0.2, -0.15) is 0 Å². The number of amides is 1. The molecule has 0 heterocycles. The number of halogens is 1. The zero-order valence-electron chi connectivity index (χ0n) is 10.6. The molecular weight excluding hydrogens is 304 g/mol. The fraction of sp³-hybridized carbons (Fsp3) is 0.133. The third kappa shape index (κ3) is 3.35. The second-order valence-electron chi connectivity index (χ2n) is 4.35. The van der Waals surface area contributed by atoms with E-state index in [1.807, 2.05) is 55.5 Å². The van der Waals surface area contributed by atoms with Crippen LogP contribution in [0.5, 0.6) is 0 Å². The van der Waals surface area contributed by atoms with E-state index in [4.69, 9.17) is 5.73 Å². The summed E-state index contributed by atoms with van der Waals surface area (Å²) in [6.07, 6.45) is 0. The molecule has 19 heavy (non-hydrogen) atoms. The minimum absolute atomic E-state index is 0.397. The highest BCUT2D eigenvalue weighted by Crippen LogP contribution is 2.24. The van der Waals surface area contributed by atoms with E-state index in [9.17, 15) is 4.79 Å². The van der Waals surface area contributed by atoms with Crippen LogP contribution in [0.3, 0.4) is 0 Å². The number of carbonyl (C=O) groups excluding carboxylic acids is 1. The highest BCUT2D eigenvalue weighted by molar-refractivity contribution is 9.10. The maximum absolute atomic E-state index is 11.6. The van der Waals surface area contributed by atoms with E-state index in [2.05, 4.69) is 21.2 Å². The Morgan fingerprint density at radius 1 is 1.21 bits per heavy atom. The van der Waals surface area contributed by atoms with Gasteiger partial charge in [0.15, 0.2) is 0 Å². The first-order valence-electron chi connectivity index (χ1n) is 5.95. The topological polar surface area (TPSA) is 55.1 Å². The molecule has 0 fully saturated rings. The maximum atomic E-state index is 11.6. The van der Waals surface area contributed by atoms with Crippen LogP contribution < -0.4 is 11.1 Å². The maximum Gasteiger partial charge on any atom is 0.244 e. The predicted molar refractivity (Wildman–Crippen MR) is 80.9 cm³/mol. The Morgan fingerprint density at radius 3 is 2.47 bits per heavy atom. The van der Waals surface area contributed by atoms with Gasteiger partial charge in [-0.1, -0.05) is 46.3 Å². The normalized spacial score (nSPS) is 11.9. The van der Waals surface area contributed by atoms with Gasteiger partial charge in [0.05, 0.1) is 0 Å². The van der Waals surface area contributed by atoms with Crippen molar-refractivity contribution in [3.63, 3.8) is 0 Å². The number of hydrogen-bond acceptors (Lipinski definition) is 2. The number of hydrogen-bond donors (Lipinski definition) is 2. The van der Waals surface area contributed by atoms with Gasteiger partial charge in [0, 0.05) is 10.2 Å². The molecule has 0 spiro atoms. The number of anilines is 1. The van der Waals surface area contributed by atoms with Crippen LogP contribution in [0.25, 0.3) is 0 Å². The van der Waals surface area contributed by atoms with Crippen molar-refractivity contribution in [2.45, 2.75) is 13.0 Å². The molecule has 1 amide bonds. The van der Waals surface area contributed by atoms with Crippen molar-refractivity contribution < 1.29 is 4.79 Å². The van der Waals surface area contributed by atoms with Gasteiger partial charge < -0.3 is 11.1 Å². The Labute approximate surface area is 121 Å². The number of nitrogens with one attached hydrogen (secondary N) is 1. The third-order valence-corrected chi connectivity index (χ3v) is 3.78. The zero-order chi connectivity index (χ0) is 13.8. The van der Waals surface area contributed by atoms with Gasteiger partial charge in [0.1, 0.15) is 6.04 Å². The van der Waals surface area contributed by atoms with Crippen molar-refractivity contribution in [2.75, 3.05) is 5.32 Å². The molecule has 0 aromatic heterocycles. The summed E-state index contributed by atoms with van der Waals surface area (Å²) < 4.78 is 1.04. The lowest BCUT2D eigenvalue weighted by atomic mass is 10.1. The molecule has 2 aromatic carbocycles. The number of primary amides is 1. The average Bonchev–Trinajstić information content (AvgIpc) is 2.40. The van der Waals surface area contributed by atoms with E-state index in [1.165, 1.54) is 0 Å². The lowest BCUT2D eigenvalue weighted by Crippen LogP contribution is -2.27. The summed E-state index contributed by atoms with van der Waals surface area (Å²) in [5.41, 5.74) is 8.30. The standard InChI is InChI=1S/C15H15BrN2O/c1-10-9-12(7-8-13(10)16)18-14(15(17)19)11-5-3-2-4-6-11/h2-9,14,18H,1H3,(H2,17,19). The van der Waals surface area contributed by atoms with Crippen LogP contribution >= 0.6 is 15.9 Å². The monoisotopic (exact) mass is 318 g/mol. The van der Waals surface area contributed by atoms with Crippen LogP contribution in [-0.2, 0) is 4.79 Å². The third-order valence-electron chi connectivity index (χ3n) is 2.89. The molecule has 3 nitrogen and oxygen atoms in total. The van der Waals surface area contributed by atoms with Gasteiger partial charge in [-0.25, -0.2) is 0 Å². The van der Waals surface area contributed by atoms with Gasteiger partial charge >= 0.3 is 0 Å². The fourth-order valence-corrected chi connectivity index (χ4v) is 2.11. The van der Waals surface area contributed by atoms with Gasteiger partial charge in [-0.3, -0.25) is 4.79 Å². The molecular formula is C15H15BrN2O. The molecule has 1 atom stereocenters. The zero-order valence-corrected chi connectivity index (χ0v) is 12.1. The largest absolute Gasteiger partial charge is 0.370 e. The summed E-state index contributed by atoms with van der Waals surface area (Å²) >= 11 is 3.45. The van der Waals surface area contributed by atoms with Crippen LogP contribution in [0.15, 0.2) is 53.0 Å². The van der Waals surface area contributed by atoms with E-state index in [0.29, 0.717) is 0 Å². The second kappa shape index (κ2) is 5.89. The lowest BCUT2D eigenvalue weighted by Gasteiger charge is -2.17. The van der Waals surface area contributed by atoms with Crippen LogP contribution in [-0.4, -0.2) is 5.91 Å². The van der Waals surface area contributed by atoms with Gasteiger partial charge in [0.25, 0.3) is 0 Å². The van der Waals surface area contributed by atoms with E-state index < -0.39 is 11.9 Å². The average molecular weight is 319 g/mol. The van der Waals surface area contributed by atoms with Crippen molar-refractivity contribution in [3.05, 3.63) is 64.1 Å². The highest BCUT2D eigenvalue weighted by atomic mass is 79.9. The summed E-state index contributed by atoms with van der Waals surface area (Å²) in [4.78, 5) is 11.6. The molecule has 0 radical (unpaired) electrons. The molecule has 98 valence electrons. The first-order chi connectivity index (χ1) is 9.08. The quantitative estimate of drug-likeness (QED) is 0.907. The molecule has 2 aromatic rings. The fourth-order valence-electron chi connectivity index (χ4n) is 1.87. The van der Waals surface area contributed by atoms with Gasteiger partial charge in [0.2, 0.25) is 5.91 Å². The summed E-state index contributed by atoms with van der Waals surface area (Å²) in [6.45, 7) is 2.00. The minimum Gasteiger partial charge on any atom is -0.370 e. The molecule has 4 heteroatoms. The number of rotatable bonds is 4. The van der Waals surface area contributed by atoms with Crippen molar-refractivity contribution in [1.82, 2.24) is 0 Å². The summed E-state index contributed by atoms with van der Waals surface area (Å²) in [7, 11) is 0. The number of carbonyl (C=O) groups is 1.